The number of hydrogen-bond acceptors (Lipinski definition) is 5. The van der Waals surface area contributed by atoms with E-state index in [-0.39, 0.29) is 12.1 Å². The Kier molecular flexibility index (Phi) is 4.30. The summed E-state index contributed by atoms with van der Waals surface area (Å²) < 4.78 is 10.7. The van der Waals surface area contributed by atoms with Crippen LogP contribution in [0.15, 0.2) is 4.42 Å². The van der Waals surface area contributed by atoms with E-state index in [0.29, 0.717) is 11.8 Å². The standard InChI is InChI=1S/C14H23N3O3/c1-9-16-17-12(19-9)10-5-7-11(8-6-10)15-13(18)20-14(2,3)4/h10-11H,5-8H2,1-4H3,(H,15,18). The summed E-state index contributed by atoms with van der Waals surface area (Å²) in [6.07, 6.45) is 3.37. The third-order valence-electron chi connectivity index (χ3n) is 3.34. The van der Waals surface area contributed by atoms with Crippen LogP contribution in [0.25, 0.3) is 0 Å². The van der Waals surface area contributed by atoms with Crippen LogP contribution in [0.3, 0.4) is 0 Å². The molecule has 20 heavy (non-hydrogen) atoms. The lowest BCUT2D eigenvalue weighted by Gasteiger charge is -2.28. The van der Waals surface area contributed by atoms with Gasteiger partial charge in [0.25, 0.3) is 0 Å². The number of nitrogens with one attached hydrogen (secondary N) is 1. The SMILES string of the molecule is Cc1nnc(C2CCC(NC(=O)OC(C)(C)C)CC2)o1. The highest BCUT2D eigenvalue weighted by atomic mass is 16.6. The number of aromatic nitrogens is 2. The molecule has 1 aromatic rings. The molecule has 1 saturated carbocycles. The minimum absolute atomic E-state index is 0.171. The van der Waals surface area contributed by atoms with Crippen LogP contribution < -0.4 is 5.32 Å². The zero-order valence-corrected chi connectivity index (χ0v) is 12.6. The smallest absolute Gasteiger partial charge is 0.407 e. The van der Waals surface area contributed by atoms with E-state index >= 15 is 0 Å². The minimum atomic E-state index is -0.456. The minimum Gasteiger partial charge on any atom is -0.444 e. The van der Waals surface area contributed by atoms with Crippen molar-refractivity contribution in [2.45, 2.75) is 70.9 Å². The van der Waals surface area contributed by atoms with Crippen molar-refractivity contribution in [1.82, 2.24) is 15.5 Å². The number of amides is 1. The molecule has 2 rings (SSSR count). The normalized spacial score (nSPS) is 23.4. The summed E-state index contributed by atoms with van der Waals surface area (Å²) >= 11 is 0. The molecule has 0 spiro atoms. The average Bonchev–Trinajstić information content (AvgIpc) is 2.74. The predicted molar refractivity (Wildman–Crippen MR) is 73.4 cm³/mol. The molecule has 1 amide bonds. The highest BCUT2D eigenvalue weighted by Gasteiger charge is 2.27. The van der Waals surface area contributed by atoms with Crippen molar-refractivity contribution in [1.29, 1.82) is 0 Å². The number of alkyl carbamates (subject to hydrolysis) is 1. The molecule has 1 aliphatic carbocycles. The van der Waals surface area contributed by atoms with Crippen molar-refractivity contribution in [2.24, 2.45) is 0 Å². The molecular formula is C14H23N3O3. The molecule has 0 aromatic carbocycles. The second-order valence-electron chi connectivity index (χ2n) is 6.35. The van der Waals surface area contributed by atoms with E-state index in [9.17, 15) is 4.79 Å². The van der Waals surface area contributed by atoms with Gasteiger partial charge in [0.2, 0.25) is 11.8 Å². The van der Waals surface area contributed by atoms with E-state index in [1.54, 1.807) is 6.92 Å². The molecule has 0 saturated heterocycles. The first-order chi connectivity index (χ1) is 9.33. The fourth-order valence-electron chi connectivity index (χ4n) is 2.44. The number of aryl methyl sites for hydroxylation is 1. The molecule has 0 aliphatic heterocycles. The fourth-order valence-corrected chi connectivity index (χ4v) is 2.44. The quantitative estimate of drug-likeness (QED) is 0.901. The van der Waals surface area contributed by atoms with Crippen molar-refractivity contribution in [3.05, 3.63) is 11.8 Å². The molecule has 1 aliphatic rings. The van der Waals surface area contributed by atoms with Crippen molar-refractivity contribution in [3.63, 3.8) is 0 Å². The first-order valence-electron chi connectivity index (χ1n) is 7.13. The summed E-state index contributed by atoms with van der Waals surface area (Å²) in [7, 11) is 0. The van der Waals surface area contributed by atoms with E-state index in [4.69, 9.17) is 9.15 Å². The molecule has 0 atom stereocenters. The highest BCUT2D eigenvalue weighted by molar-refractivity contribution is 5.68. The molecule has 1 N–H and O–H groups in total. The zero-order chi connectivity index (χ0) is 14.8. The second kappa shape index (κ2) is 5.81. The summed E-state index contributed by atoms with van der Waals surface area (Å²) in [5.74, 6) is 1.64. The summed E-state index contributed by atoms with van der Waals surface area (Å²) in [5.41, 5.74) is -0.456. The van der Waals surface area contributed by atoms with Gasteiger partial charge in [0.15, 0.2) is 0 Å². The molecule has 0 bridgehead atoms. The lowest BCUT2D eigenvalue weighted by atomic mass is 9.86. The summed E-state index contributed by atoms with van der Waals surface area (Å²) in [4.78, 5) is 11.7. The van der Waals surface area contributed by atoms with Crippen LogP contribution in [-0.2, 0) is 4.74 Å². The first kappa shape index (κ1) is 14.8. The van der Waals surface area contributed by atoms with Gasteiger partial charge in [-0.15, -0.1) is 10.2 Å². The predicted octanol–water partition coefficient (Wildman–Crippen LogP) is 2.93. The maximum atomic E-state index is 11.7. The van der Waals surface area contributed by atoms with Crippen LogP contribution in [0, 0.1) is 6.92 Å². The van der Waals surface area contributed by atoms with Crippen molar-refractivity contribution >= 4 is 6.09 Å². The Balaban J connectivity index is 1.78. The number of carbonyl (C=O) groups excluding carboxylic acids is 1. The Morgan fingerprint density at radius 2 is 1.90 bits per heavy atom. The van der Waals surface area contributed by atoms with Crippen LogP contribution in [-0.4, -0.2) is 27.9 Å². The Morgan fingerprint density at radius 3 is 2.40 bits per heavy atom. The zero-order valence-electron chi connectivity index (χ0n) is 12.6. The van der Waals surface area contributed by atoms with Gasteiger partial charge in [0.05, 0.1) is 0 Å². The van der Waals surface area contributed by atoms with Gasteiger partial charge in [-0.05, 0) is 46.5 Å². The Bertz CT molecular complexity index is 456. The lowest BCUT2D eigenvalue weighted by Crippen LogP contribution is -2.40. The van der Waals surface area contributed by atoms with E-state index in [1.165, 1.54) is 0 Å². The van der Waals surface area contributed by atoms with Crippen LogP contribution >= 0.6 is 0 Å². The molecule has 6 heteroatoms. The number of ether oxygens (including phenoxy) is 1. The summed E-state index contributed by atoms with van der Waals surface area (Å²) in [6, 6.07) is 0.171. The van der Waals surface area contributed by atoms with Crippen molar-refractivity contribution in [3.8, 4) is 0 Å². The number of hydrogen-bond donors (Lipinski definition) is 1. The van der Waals surface area contributed by atoms with Crippen LogP contribution in [0.4, 0.5) is 4.79 Å². The highest BCUT2D eigenvalue weighted by Crippen LogP contribution is 2.32. The van der Waals surface area contributed by atoms with Gasteiger partial charge in [-0.25, -0.2) is 4.79 Å². The molecule has 1 heterocycles. The molecule has 1 fully saturated rings. The molecule has 0 radical (unpaired) electrons. The lowest BCUT2D eigenvalue weighted by molar-refractivity contribution is 0.0490. The Morgan fingerprint density at radius 1 is 1.25 bits per heavy atom. The monoisotopic (exact) mass is 281 g/mol. The van der Waals surface area contributed by atoms with Gasteiger partial charge in [-0.1, -0.05) is 0 Å². The van der Waals surface area contributed by atoms with Gasteiger partial charge in [0, 0.05) is 18.9 Å². The van der Waals surface area contributed by atoms with Gasteiger partial charge in [-0.2, -0.15) is 0 Å². The third kappa shape index (κ3) is 4.21. The van der Waals surface area contributed by atoms with E-state index in [1.807, 2.05) is 20.8 Å². The largest absolute Gasteiger partial charge is 0.444 e. The van der Waals surface area contributed by atoms with Crippen molar-refractivity contribution in [2.75, 3.05) is 0 Å². The Hall–Kier alpha value is -1.59. The van der Waals surface area contributed by atoms with Gasteiger partial charge < -0.3 is 14.5 Å². The van der Waals surface area contributed by atoms with Crippen molar-refractivity contribution < 1.29 is 13.9 Å². The average molecular weight is 281 g/mol. The number of carbonyl (C=O) groups is 1. The third-order valence-corrected chi connectivity index (χ3v) is 3.34. The second-order valence-corrected chi connectivity index (χ2v) is 6.35. The number of rotatable bonds is 2. The van der Waals surface area contributed by atoms with Gasteiger partial charge >= 0.3 is 6.09 Å². The van der Waals surface area contributed by atoms with Crippen LogP contribution in [0.5, 0.6) is 0 Å². The number of nitrogens with zero attached hydrogens (tertiary/aromatic N) is 2. The fraction of sp³-hybridized carbons (Fsp3) is 0.786. The van der Waals surface area contributed by atoms with Crippen LogP contribution in [0.1, 0.15) is 64.2 Å². The van der Waals surface area contributed by atoms with E-state index in [2.05, 4.69) is 15.5 Å². The molecule has 6 nitrogen and oxygen atoms in total. The van der Waals surface area contributed by atoms with E-state index < -0.39 is 5.60 Å². The molecular weight excluding hydrogens is 258 g/mol. The first-order valence-corrected chi connectivity index (χ1v) is 7.13. The maximum Gasteiger partial charge on any atom is 0.407 e. The van der Waals surface area contributed by atoms with Gasteiger partial charge in [0.1, 0.15) is 5.60 Å². The van der Waals surface area contributed by atoms with Crippen LogP contribution in [0.2, 0.25) is 0 Å². The molecule has 112 valence electrons. The summed E-state index contributed by atoms with van der Waals surface area (Å²) in [6.45, 7) is 7.39. The molecule has 1 aromatic heterocycles. The topological polar surface area (TPSA) is 77.2 Å². The van der Waals surface area contributed by atoms with Gasteiger partial charge in [-0.3, -0.25) is 0 Å². The maximum absolute atomic E-state index is 11.7. The van der Waals surface area contributed by atoms with E-state index in [0.717, 1.165) is 31.6 Å². The Labute approximate surface area is 119 Å². The molecule has 0 unspecified atom stereocenters. The summed E-state index contributed by atoms with van der Waals surface area (Å²) in [5, 5.41) is 10.9.